The van der Waals surface area contributed by atoms with Gasteiger partial charge in [-0.3, -0.25) is 4.79 Å². The largest absolute Gasteiger partial charge is 0.497 e. The lowest BCUT2D eigenvalue weighted by Gasteiger charge is -2.10. The summed E-state index contributed by atoms with van der Waals surface area (Å²) in [6.07, 6.45) is 3.14. The maximum atomic E-state index is 12.4. The van der Waals surface area contributed by atoms with Gasteiger partial charge in [-0.25, -0.2) is 4.98 Å². The van der Waals surface area contributed by atoms with E-state index in [0.717, 1.165) is 47.6 Å². The number of methoxy groups -OCH3 is 1. The Morgan fingerprint density at radius 2 is 1.66 bits per heavy atom. The number of ether oxygens (including phenoxy) is 1. The molecule has 0 aliphatic heterocycles. The fourth-order valence-electron chi connectivity index (χ4n) is 3.96. The van der Waals surface area contributed by atoms with Crippen molar-refractivity contribution in [1.82, 2.24) is 14.9 Å². The topological polar surface area (TPSA) is 56.1 Å². The van der Waals surface area contributed by atoms with Gasteiger partial charge in [-0.15, -0.1) is 0 Å². The quantitative estimate of drug-likeness (QED) is 0.403. The van der Waals surface area contributed by atoms with Gasteiger partial charge in [0.15, 0.2) is 0 Å². The van der Waals surface area contributed by atoms with Crippen LogP contribution in [-0.2, 0) is 30.6 Å². The Labute approximate surface area is 189 Å². The van der Waals surface area contributed by atoms with E-state index in [-0.39, 0.29) is 5.91 Å². The number of imidazole rings is 1. The summed E-state index contributed by atoms with van der Waals surface area (Å²) in [5.74, 6) is 1.83. The molecule has 32 heavy (non-hydrogen) atoms. The monoisotopic (exact) mass is 427 g/mol. The average molecular weight is 428 g/mol. The van der Waals surface area contributed by atoms with Crippen LogP contribution in [0.1, 0.15) is 23.4 Å². The predicted molar refractivity (Wildman–Crippen MR) is 128 cm³/mol. The summed E-state index contributed by atoms with van der Waals surface area (Å²) in [6, 6.07) is 26.4. The zero-order valence-electron chi connectivity index (χ0n) is 18.5. The molecule has 164 valence electrons. The summed E-state index contributed by atoms with van der Waals surface area (Å²) in [5, 5.41) is 3.04. The van der Waals surface area contributed by atoms with E-state index >= 15 is 0 Å². The molecule has 1 aromatic heterocycles. The average Bonchev–Trinajstić information content (AvgIpc) is 3.18. The number of carbonyl (C=O) groups is 1. The summed E-state index contributed by atoms with van der Waals surface area (Å²) in [6.45, 7) is 1.47. The molecule has 3 aromatic carbocycles. The van der Waals surface area contributed by atoms with Crippen LogP contribution in [0.25, 0.3) is 11.0 Å². The highest BCUT2D eigenvalue weighted by Gasteiger charge is 2.11. The van der Waals surface area contributed by atoms with Gasteiger partial charge in [-0.2, -0.15) is 0 Å². The van der Waals surface area contributed by atoms with Gasteiger partial charge < -0.3 is 14.6 Å². The maximum absolute atomic E-state index is 12.4. The van der Waals surface area contributed by atoms with Gasteiger partial charge in [0.1, 0.15) is 11.6 Å². The summed E-state index contributed by atoms with van der Waals surface area (Å²) >= 11 is 0. The van der Waals surface area contributed by atoms with E-state index < -0.39 is 0 Å². The van der Waals surface area contributed by atoms with Gasteiger partial charge in [0.05, 0.1) is 24.6 Å². The highest BCUT2D eigenvalue weighted by Crippen LogP contribution is 2.18. The summed E-state index contributed by atoms with van der Waals surface area (Å²) in [5.41, 5.74) is 4.48. The molecule has 0 atom stereocenters. The van der Waals surface area contributed by atoms with Crippen molar-refractivity contribution in [1.29, 1.82) is 0 Å². The van der Waals surface area contributed by atoms with E-state index in [1.165, 1.54) is 5.56 Å². The van der Waals surface area contributed by atoms with E-state index in [0.29, 0.717) is 19.4 Å². The molecule has 5 nitrogen and oxygen atoms in total. The first-order valence-corrected chi connectivity index (χ1v) is 11.1. The molecule has 1 N–H and O–H groups in total. The van der Waals surface area contributed by atoms with E-state index in [4.69, 9.17) is 9.72 Å². The molecule has 0 saturated heterocycles. The Kier molecular flexibility index (Phi) is 7.18. The Hall–Kier alpha value is -3.60. The van der Waals surface area contributed by atoms with Crippen LogP contribution in [0.2, 0.25) is 0 Å². The van der Waals surface area contributed by atoms with Crippen molar-refractivity contribution < 1.29 is 9.53 Å². The number of carbonyl (C=O) groups excluding carboxylic acids is 1. The molecule has 4 rings (SSSR count). The second kappa shape index (κ2) is 10.6. The lowest BCUT2D eigenvalue weighted by molar-refractivity contribution is -0.120. The van der Waals surface area contributed by atoms with Crippen molar-refractivity contribution in [2.24, 2.45) is 0 Å². The normalized spacial score (nSPS) is 10.9. The number of aryl methyl sites for hydroxylation is 2. The molecular formula is C27H29N3O2. The SMILES string of the molecule is COc1ccc(CC(=O)NCCc2nc3ccccc3n2CCCc2ccccc2)cc1. The van der Waals surface area contributed by atoms with Crippen LogP contribution in [-0.4, -0.2) is 29.1 Å². The number of para-hydroxylation sites is 2. The van der Waals surface area contributed by atoms with Crippen LogP contribution < -0.4 is 10.1 Å². The minimum absolute atomic E-state index is 0.0157. The molecule has 0 radical (unpaired) electrons. The van der Waals surface area contributed by atoms with Gasteiger partial charge in [-0.1, -0.05) is 54.6 Å². The standard InChI is InChI=1S/C27H29N3O2/c1-32-23-15-13-22(14-16-23)20-27(31)28-18-17-26-29-24-11-5-6-12-25(24)30(26)19-7-10-21-8-3-2-4-9-21/h2-6,8-9,11-16H,7,10,17-20H2,1H3,(H,28,31). The molecule has 0 aliphatic rings. The second-order valence-corrected chi connectivity index (χ2v) is 7.88. The Balaban J connectivity index is 1.35. The molecule has 0 fully saturated rings. The highest BCUT2D eigenvalue weighted by molar-refractivity contribution is 5.78. The van der Waals surface area contributed by atoms with Crippen molar-refractivity contribution in [2.75, 3.05) is 13.7 Å². The Bertz CT molecular complexity index is 1150. The third-order valence-electron chi connectivity index (χ3n) is 5.62. The first-order chi connectivity index (χ1) is 15.7. The summed E-state index contributed by atoms with van der Waals surface area (Å²) in [7, 11) is 1.64. The maximum Gasteiger partial charge on any atom is 0.224 e. The molecule has 5 heteroatoms. The lowest BCUT2D eigenvalue weighted by Crippen LogP contribution is -2.28. The van der Waals surface area contributed by atoms with E-state index in [1.807, 2.05) is 36.4 Å². The number of rotatable bonds is 10. The van der Waals surface area contributed by atoms with Gasteiger partial charge in [0.2, 0.25) is 5.91 Å². The lowest BCUT2D eigenvalue weighted by atomic mass is 10.1. The first-order valence-electron chi connectivity index (χ1n) is 11.1. The van der Waals surface area contributed by atoms with Crippen LogP contribution in [0.3, 0.4) is 0 Å². The predicted octanol–water partition coefficient (Wildman–Crippen LogP) is 4.58. The van der Waals surface area contributed by atoms with Gasteiger partial charge >= 0.3 is 0 Å². The van der Waals surface area contributed by atoms with Crippen molar-refractivity contribution in [2.45, 2.75) is 32.2 Å². The number of amides is 1. The molecule has 1 amide bonds. The number of aromatic nitrogens is 2. The summed E-state index contributed by atoms with van der Waals surface area (Å²) < 4.78 is 7.47. The van der Waals surface area contributed by atoms with E-state index in [9.17, 15) is 4.79 Å². The van der Waals surface area contributed by atoms with Crippen LogP contribution in [0.5, 0.6) is 5.75 Å². The molecule has 1 heterocycles. The number of hydrogen-bond acceptors (Lipinski definition) is 3. The van der Waals surface area contributed by atoms with Crippen molar-refractivity contribution in [3.63, 3.8) is 0 Å². The Morgan fingerprint density at radius 3 is 2.44 bits per heavy atom. The molecule has 0 saturated carbocycles. The molecule has 0 bridgehead atoms. The van der Waals surface area contributed by atoms with Crippen LogP contribution in [0.4, 0.5) is 0 Å². The number of fused-ring (bicyclic) bond motifs is 1. The van der Waals surface area contributed by atoms with Crippen molar-refractivity contribution in [3.05, 3.63) is 95.8 Å². The minimum Gasteiger partial charge on any atom is -0.497 e. The van der Waals surface area contributed by atoms with E-state index in [2.05, 4.69) is 52.3 Å². The zero-order valence-corrected chi connectivity index (χ0v) is 18.5. The van der Waals surface area contributed by atoms with Gasteiger partial charge in [0.25, 0.3) is 0 Å². The van der Waals surface area contributed by atoms with Crippen molar-refractivity contribution >= 4 is 16.9 Å². The fourth-order valence-corrected chi connectivity index (χ4v) is 3.96. The van der Waals surface area contributed by atoms with E-state index in [1.54, 1.807) is 7.11 Å². The first kappa shape index (κ1) is 21.6. The highest BCUT2D eigenvalue weighted by atomic mass is 16.5. The number of benzene rings is 3. The number of nitrogens with one attached hydrogen (secondary N) is 1. The van der Waals surface area contributed by atoms with Gasteiger partial charge in [-0.05, 0) is 48.2 Å². The molecule has 0 aliphatic carbocycles. The smallest absolute Gasteiger partial charge is 0.224 e. The number of hydrogen-bond donors (Lipinski definition) is 1. The van der Waals surface area contributed by atoms with Gasteiger partial charge in [0, 0.05) is 19.5 Å². The Morgan fingerprint density at radius 1 is 0.906 bits per heavy atom. The zero-order chi connectivity index (χ0) is 22.2. The summed E-state index contributed by atoms with van der Waals surface area (Å²) in [4.78, 5) is 17.2. The van der Waals surface area contributed by atoms with Crippen LogP contribution >= 0.6 is 0 Å². The second-order valence-electron chi connectivity index (χ2n) is 7.88. The molecule has 0 unspecified atom stereocenters. The molecule has 4 aromatic rings. The van der Waals surface area contributed by atoms with Crippen LogP contribution in [0, 0.1) is 0 Å². The molecular weight excluding hydrogens is 398 g/mol. The van der Waals surface area contributed by atoms with Crippen LogP contribution in [0.15, 0.2) is 78.9 Å². The molecule has 0 spiro atoms. The third-order valence-corrected chi connectivity index (χ3v) is 5.62. The number of nitrogens with zero attached hydrogens (tertiary/aromatic N) is 2. The minimum atomic E-state index is 0.0157. The fraction of sp³-hybridized carbons (Fsp3) is 0.259. The van der Waals surface area contributed by atoms with Crippen molar-refractivity contribution in [3.8, 4) is 5.75 Å². The third kappa shape index (κ3) is 5.55.